The predicted octanol–water partition coefficient (Wildman–Crippen LogP) is 3.70. The molecule has 0 spiro atoms. The first-order valence-corrected chi connectivity index (χ1v) is 14.0. The normalized spacial score (nSPS) is 13.0. The fraction of sp³-hybridized carbons (Fsp3) is 0.733. The van der Waals surface area contributed by atoms with Gasteiger partial charge in [-0.1, -0.05) is 0 Å². The summed E-state index contributed by atoms with van der Waals surface area (Å²) in [5, 5.41) is 2.71. The van der Waals surface area contributed by atoms with Crippen LogP contribution in [0.3, 0.4) is 0 Å². The van der Waals surface area contributed by atoms with Gasteiger partial charge in [0.25, 0.3) is 0 Å². The third-order valence-electron chi connectivity index (χ3n) is 7.14. The molecule has 0 bridgehead atoms. The van der Waals surface area contributed by atoms with E-state index in [0.717, 1.165) is 44.1 Å². The fourth-order valence-electron chi connectivity index (χ4n) is 3.49. The largest absolute Gasteiger partial charge is 0.493 e. The van der Waals surface area contributed by atoms with Crippen LogP contribution in [0.25, 0.3) is 0 Å². The number of hydrogen-bond acceptors (Lipinski definition) is 7. The number of ether oxygens (including phenoxy) is 2. The van der Waals surface area contributed by atoms with E-state index >= 15 is 0 Å². The minimum Gasteiger partial charge on any atom is -0.493 e. The molecule has 1 aromatic carbocycles. The number of benzene rings is 1. The lowest BCUT2D eigenvalue weighted by Crippen LogP contribution is -2.37. The second-order valence-electron chi connectivity index (χ2n) is 11.0. The van der Waals surface area contributed by atoms with Crippen LogP contribution in [0.1, 0.15) is 66.5 Å². The fourth-order valence-corrected chi connectivity index (χ4v) is 3.49. The molecule has 0 fully saturated rings. The number of fused-ring (bicyclic) bond motifs is 1. The Morgan fingerprint density at radius 1 is 0.872 bits per heavy atom. The van der Waals surface area contributed by atoms with Gasteiger partial charge in [-0.05, 0) is 85.3 Å². The average Bonchev–Trinajstić information content (AvgIpc) is 2.89. The van der Waals surface area contributed by atoms with Crippen LogP contribution >= 0.6 is 0 Å². The maximum atomic E-state index is 10.8. The maximum Gasteiger partial charge on any atom is 0.219 e. The zero-order valence-corrected chi connectivity index (χ0v) is 27.1. The smallest absolute Gasteiger partial charge is 0.219 e. The standard InChI is InChI=1S/C14H21NO2.C9H20N2O.C7H16N2O/c1-10(2)15-6-5-11-7-13(16-3)14(17-4)8-12(11)9-15;1-8(2)10(4)6-7-11(5)9(3)12;1-6(2)9(4)5-8-7(3)10/h7-8,10H,5-6,9H2,1-4H3;8H,6-7H2,1-5H3;6H,5H2,1-4H3,(H,8,10). The van der Waals surface area contributed by atoms with Gasteiger partial charge in [-0.25, -0.2) is 0 Å². The summed E-state index contributed by atoms with van der Waals surface area (Å²) in [6.07, 6.45) is 1.09. The molecule has 9 heteroatoms. The molecular weight excluding hydrogens is 494 g/mol. The lowest BCUT2D eigenvalue weighted by atomic mass is 9.98. The molecule has 0 aliphatic carbocycles. The summed E-state index contributed by atoms with van der Waals surface area (Å²) in [7, 11) is 9.25. The van der Waals surface area contributed by atoms with Crippen LogP contribution in [0.5, 0.6) is 11.5 Å². The number of likely N-dealkylation sites (N-methyl/N-ethyl adjacent to an activating group) is 2. The number of methoxy groups -OCH3 is 2. The van der Waals surface area contributed by atoms with E-state index in [9.17, 15) is 9.59 Å². The third kappa shape index (κ3) is 14.6. The summed E-state index contributed by atoms with van der Waals surface area (Å²) in [4.78, 5) is 29.8. The third-order valence-corrected chi connectivity index (χ3v) is 7.14. The Bertz CT molecular complexity index is 860. The molecule has 2 rings (SSSR count). The van der Waals surface area contributed by atoms with Crippen molar-refractivity contribution in [2.24, 2.45) is 0 Å². The van der Waals surface area contributed by atoms with Crippen LogP contribution in [0.4, 0.5) is 0 Å². The Kier molecular flexibility index (Phi) is 17.7. The molecule has 0 atom stereocenters. The first-order chi connectivity index (χ1) is 18.1. The molecule has 0 radical (unpaired) electrons. The van der Waals surface area contributed by atoms with Gasteiger partial charge in [0.05, 0.1) is 20.9 Å². The van der Waals surface area contributed by atoms with Gasteiger partial charge in [0, 0.05) is 65.2 Å². The molecule has 39 heavy (non-hydrogen) atoms. The van der Waals surface area contributed by atoms with Gasteiger partial charge >= 0.3 is 0 Å². The molecule has 1 N–H and O–H groups in total. The van der Waals surface area contributed by atoms with Crippen molar-refractivity contribution in [1.29, 1.82) is 0 Å². The van der Waals surface area contributed by atoms with Gasteiger partial charge in [-0.2, -0.15) is 0 Å². The summed E-state index contributed by atoms with van der Waals surface area (Å²) in [5.74, 6) is 1.82. The number of hydrogen-bond donors (Lipinski definition) is 1. The van der Waals surface area contributed by atoms with Crippen molar-refractivity contribution in [1.82, 2.24) is 24.9 Å². The van der Waals surface area contributed by atoms with Crippen molar-refractivity contribution in [2.75, 3.05) is 61.7 Å². The monoisotopic (exact) mass is 551 g/mol. The van der Waals surface area contributed by atoms with Crippen molar-refractivity contribution in [3.63, 3.8) is 0 Å². The molecule has 0 aromatic heterocycles. The predicted molar refractivity (Wildman–Crippen MR) is 161 cm³/mol. The molecule has 226 valence electrons. The average molecular weight is 552 g/mol. The van der Waals surface area contributed by atoms with E-state index in [-0.39, 0.29) is 11.8 Å². The number of nitrogens with zero attached hydrogens (tertiary/aromatic N) is 4. The quantitative estimate of drug-likeness (QED) is 0.445. The van der Waals surface area contributed by atoms with Crippen molar-refractivity contribution < 1.29 is 19.1 Å². The van der Waals surface area contributed by atoms with Crippen molar-refractivity contribution >= 4 is 11.8 Å². The van der Waals surface area contributed by atoms with Crippen molar-refractivity contribution in [3.8, 4) is 11.5 Å². The number of nitrogens with one attached hydrogen (secondary N) is 1. The van der Waals surface area contributed by atoms with Gasteiger partial charge in [0.15, 0.2) is 11.5 Å². The Morgan fingerprint density at radius 3 is 1.79 bits per heavy atom. The Hall–Kier alpha value is -2.36. The number of amides is 2. The highest BCUT2D eigenvalue weighted by Gasteiger charge is 2.20. The molecular formula is C30H57N5O4. The van der Waals surface area contributed by atoms with Gasteiger partial charge in [-0.15, -0.1) is 0 Å². The highest BCUT2D eigenvalue weighted by molar-refractivity contribution is 5.73. The number of rotatable bonds is 10. The van der Waals surface area contributed by atoms with Crippen LogP contribution in [-0.2, 0) is 22.6 Å². The minimum absolute atomic E-state index is 0.0208. The highest BCUT2D eigenvalue weighted by Crippen LogP contribution is 2.33. The molecule has 1 aliphatic heterocycles. The van der Waals surface area contributed by atoms with E-state index in [0.29, 0.717) is 24.8 Å². The molecule has 2 amide bonds. The van der Waals surface area contributed by atoms with Crippen LogP contribution in [0.2, 0.25) is 0 Å². The Morgan fingerprint density at radius 2 is 1.38 bits per heavy atom. The van der Waals surface area contributed by atoms with Gasteiger partial charge in [0.2, 0.25) is 11.8 Å². The van der Waals surface area contributed by atoms with Gasteiger partial charge in [-0.3, -0.25) is 19.4 Å². The van der Waals surface area contributed by atoms with E-state index in [1.165, 1.54) is 18.1 Å². The molecule has 1 heterocycles. The Balaban J connectivity index is 0.000000584. The second kappa shape index (κ2) is 18.8. The van der Waals surface area contributed by atoms with Gasteiger partial charge in [0.1, 0.15) is 0 Å². The maximum absolute atomic E-state index is 10.8. The minimum atomic E-state index is 0.0208. The van der Waals surface area contributed by atoms with E-state index in [4.69, 9.17) is 9.47 Å². The zero-order chi connectivity index (χ0) is 30.3. The molecule has 0 saturated heterocycles. The molecule has 1 aromatic rings. The van der Waals surface area contributed by atoms with E-state index in [1.807, 2.05) is 14.1 Å². The van der Waals surface area contributed by atoms with Crippen LogP contribution in [-0.4, -0.2) is 111 Å². The van der Waals surface area contributed by atoms with Crippen LogP contribution < -0.4 is 14.8 Å². The summed E-state index contributed by atoms with van der Waals surface area (Å²) < 4.78 is 10.7. The topological polar surface area (TPSA) is 77.6 Å². The van der Waals surface area contributed by atoms with Crippen molar-refractivity contribution in [2.45, 2.75) is 86.5 Å². The lowest BCUT2D eigenvalue weighted by Gasteiger charge is -2.32. The number of carbonyl (C=O) groups excluding carboxylic acids is 2. The molecule has 0 unspecified atom stereocenters. The Labute approximate surface area is 238 Å². The van der Waals surface area contributed by atoms with E-state index in [2.05, 4.69) is 80.7 Å². The lowest BCUT2D eigenvalue weighted by molar-refractivity contribution is -0.127. The van der Waals surface area contributed by atoms with Crippen LogP contribution in [0, 0.1) is 0 Å². The van der Waals surface area contributed by atoms with Crippen LogP contribution in [0.15, 0.2) is 12.1 Å². The summed E-state index contributed by atoms with van der Waals surface area (Å²) >= 11 is 0. The second-order valence-corrected chi connectivity index (χ2v) is 11.0. The number of carbonyl (C=O) groups is 2. The SMILES string of the molecule is CC(=O)N(C)CCN(C)C(C)C.CC(=O)NCN(C)C(C)C.COc1cc2c(cc1OC)CN(C(C)C)CC2. The molecule has 0 saturated carbocycles. The van der Waals surface area contributed by atoms with Crippen molar-refractivity contribution in [3.05, 3.63) is 23.3 Å². The first kappa shape index (κ1) is 36.6. The summed E-state index contributed by atoms with van der Waals surface area (Å²) in [6.45, 7) is 20.6. The van der Waals surface area contributed by atoms with E-state index < -0.39 is 0 Å². The molecule has 9 nitrogen and oxygen atoms in total. The summed E-state index contributed by atoms with van der Waals surface area (Å²) in [5.41, 5.74) is 2.75. The van der Waals surface area contributed by atoms with E-state index in [1.54, 1.807) is 26.0 Å². The first-order valence-electron chi connectivity index (χ1n) is 14.0. The van der Waals surface area contributed by atoms with Gasteiger partial charge < -0.3 is 24.6 Å². The molecule has 1 aliphatic rings. The highest BCUT2D eigenvalue weighted by atomic mass is 16.5. The zero-order valence-electron chi connectivity index (χ0n) is 27.1. The summed E-state index contributed by atoms with van der Waals surface area (Å²) in [6, 6.07) is 5.85.